The molecule has 1 aromatic rings. The normalized spacial score (nSPS) is 21.5. The number of amides is 1. The van der Waals surface area contributed by atoms with Crippen molar-refractivity contribution in [2.24, 2.45) is 11.7 Å². The molecule has 4 N–H and O–H groups in total. The second kappa shape index (κ2) is 5.34. The zero-order valence-corrected chi connectivity index (χ0v) is 11.1. The number of halogens is 2. The first-order chi connectivity index (χ1) is 8.49. The molecule has 4 nitrogen and oxygen atoms in total. The van der Waals surface area contributed by atoms with Gasteiger partial charge < -0.3 is 16.2 Å². The van der Waals surface area contributed by atoms with Gasteiger partial charge in [-0.15, -0.1) is 0 Å². The number of nitrogens with two attached hydrogens (primary N) is 1. The van der Waals surface area contributed by atoms with Crippen LogP contribution in [0.5, 0.6) is 5.75 Å². The lowest BCUT2D eigenvalue weighted by atomic mass is 9.87. The first-order valence-corrected chi connectivity index (χ1v) is 6.45. The van der Waals surface area contributed by atoms with Crippen LogP contribution in [0.1, 0.15) is 24.4 Å². The Morgan fingerprint density at radius 2 is 2.06 bits per heavy atom. The summed E-state index contributed by atoms with van der Waals surface area (Å²) < 4.78 is 0. The Bertz CT molecular complexity index is 469. The number of nitrogens with one attached hydrogen (secondary N) is 1. The predicted molar refractivity (Wildman–Crippen MR) is 70.8 cm³/mol. The highest BCUT2D eigenvalue weighted by Gasteiger charge is 2.26. The molecule has 2 rings (SSSR count). The van der Waals surface area contributed by atoms with Crippen molar-refractivity contribution >= 4 is 29.1 Å². The van der Waals surface area contributed by atoms with E-state index in [1.807, 2.05) is 0 Å². The number of hydrogen-bond acceptors (Lipinski definition) is 3. The number of hydrogen-bond donors (Lipinski definition) is 3. The lowest BCUT2D eigenvalue weighted by Gasteiger charge is -2.28. The average molecular weight is 289 g/mol. The number of piperidine rings is 1. The van der Waals surface area contributed by atoms with Gasteiger partial charge in [0.05, 0.1) is 10.0 Å². The summed E-state index contributed by atoms with van der Waals surface area (Å²) in [5.74, 6) is 0.163. The molecule has 18 heavy (non-hydrogen) atoms. The van der Waals surface area contributed by atoms with Gasteiger partial charge in [0.25, 0.3) is 0 Å². The highest BCUT2D eigenvalue weighted by atomic mass is 35.5. The summed E-state index contributed by atoms with van der Waals surface area (Å²) in [6, 6.07) is 2.60. The maximum atomic E-state index is 11.1. The molecule has 6 heteroatoms. The van der Waals surface area contributed by atoms with Gasteiger partial charge in [0, 0.05) is 30.6 Å². The third-order valence-corrected chi connectivity index (χ3v) is 3.96. The van der Waals surface area contributed by atoms with Crippen LogP contribution in [-0.2, 0) is 4.79 Å². The summed E-state index contributed by atoms with van der Waals surface area (Å²) in [4.78, 5) is 11.1. The highest BCUT2D eigenvalue weighted by Crippen LogP contribution is 2.36. The third kappa shape index (κ3) is 2.71. The van der Waals surface area contributed by atoms with E-state index in [1.54, 1.807) is 6.07 Å². The Balaban J connectivity index is 2.20. The zero-order valence-electron chi connectivity index (χ0n) is 9.62. The van der Waals surface area contributed by atoms with E-state index in [1.165, 1.54) is 6.07 Å². The first-order valence-electron chi connectivity index (χ1n) is 5.69. The molecule has 1 fully saturated rings. The van der Waals surface area contributed by atoms with Crippen molar-refractivity contribution < 1.29 is 9.90 Å². The molecule has 0 aromatic heterocycles. The topological polar surface area (TPSA) is 75.3 Å². The summed E-state index contributed by atoms with van der Waals surface area (Å²) in [5.41, 5.74) is 6.68. The van der Waals surface area contributed by atoms with Crippen LogP contribution in [-0.4, -0.2) is 17.6 Å². The minimum absolute atomic E-state index is 0.0359. The number of carbonyl (C=O) groups is 1. The molecule has 0 bridgehead atoms. The summed E-state index contributed by atoms with van der Waals surface area (Å²) >= 11 is 11.7. The quantitative estimate of drug-likeness (QED) is 0.781. The maximum absolute atomic E-state index is 11.1. The van der Waals surface area contributed by atoms with Gasteiger partial charge in [-0.1, -0.05) is 23.2 Å². The lowest BCUT2D eigenvalue weighted by molar-refractivity contribution is -0.123. The van der Waals surface area contributed by atoms with Gasteiger partial charge in [-0.3, -0.25) is 4.79 Å². The van der Waals surface area contributed by atoms with Crippen molar-refractivity contribution in [1.82, 2.24) is 5.32 Å². The Kier molecular flexibility index (Phi) is 4.00. The molecule has 1 aliphatic heterocycles. The lowest BCUT2D eigenvalue weighted by Crippen LogP contribution is -2.39. The molecule has 0 spiro atoms. The number of phenols is 1. The van der Waals surface area contributed by atoms with Crippen molar-refractivity contribution in [2.75, 3.05) is 6.54 Å². The van der Waals surface area contributed by atoms with Crippen LogP contribution in [0.2, 0.25) is 10.0 Å². The monoisotopic (exact) mass is 288 g/mol. The van der Waals surface area contributed by atoms with Crippen LogP contribution >= 0.6 is 23.2 Å². The van der Waals surface area contributed by atoms with Crippen molar-refractivity contribution in [2.45, 2.75) is 18.9 Å². The second-order valence-electron chi connectivity index (χ2n) is 4.45. The van der Waals surface area contributed by atoms with E-state index in [0.717, 1.165) is 0 Å². The fourth-order valence-electron chi connectivity index (χ4n) is 2.13. The van der Waals surface area contributed by atoms with Crippen molar-refractivity contribution in [1.29, 1.82) is 0 Å². The van der Waals surface area contributed by atoms with E-state index >= 15 is 0 Å². The van der Waals surface area contributed by atoms with E-state index in [0.29, 0.717) is 35.0 Å². The molecule has 2 atom stereocenters. The average Bonchev–Trinajstić information content (AvgIpc) is 2.34. The zero-order chi connectivity index (χ0) is 13.3. The van der Waals surface area contributed by atoms with Gasteiger partial charge in [0.15, 0.2) is 0 Å². The first kappa shape index (κ1) is 13.5. The molecule has 98 valence electrons. The third-order valence-electron chi connectivity index (χ3n) is 3.24. The standard InChI is InChI=1S/C12H14Cl2N2O2/c13-8-3-7(10(17)4-9(8)14)12(15)6-1-2-11(18)16-5-6/h3-4,6,12,17H,1-2,5,15H2,(H,16,18)/t6-,12-/m1/s1. The van der Waals surface area contributed by atoms with Crippen molar-refractivity contribution in [3.8, 4) is 5.75 Å². The largest absolute Gasteiger partial charge is 0.508 e. The maximum Gasteiger partial charge on any atom is 0.220 e. The van der Waals surface area contributed by atoms with Crippen LogP contribution in [0.4, 0.5) is 0 Å². The van der Waals surface area contributed by atoms with Crippen LogP contribution < -0.4 is 11.1 Å². The van der Waals surface area contributed by atoms with Gasteiger partial charge in [0.2, 0.25) is 5.91 Å². The fraction of sp³-hybridized carbons (Fsp3) is 0.417. The Hall–Kier alpha value is -0.970. The minimum atomic E-state index is -0.375. The molecule has 1 amide bonds. The number of benzene rings is 1. The highest BCUT2D eigenvalue weighted by molar-refractivity contribution is 6.42. The van der Waals surface area contributed by atoms with Gasteiger partial charge in [-0.2, -0.15) is 0 Å². The summed E-state index contributed by atoms with van der Waals surface area (Å²) in [5, 5.41) is 13.3. The van der Waals surface area contributed by atoms with E-state index in [4.69, 9.17) is 28.9 Å². The van der Waals surface area contributed by atoms with Crippen molar-refractivity contribution in [3.05, 3.63) is 27.7 Å². The number of aromatic hydroxyl groups is 1. The van der Waals surface area contributed by atoms with Crippen LogP contribution in [0.15, 0.2) is 12.1 Å². The molecule has 1 aliphatic rings. The Labute approximate surface area is 115 Å². The van der Waals surface area contributed by atoms with Gasteiger partial charge in [-0.25, -0.2) is 0 Å². The molecule has 0 saturated carbocycles. The molecule has 1 heterocycles. The fourth-order valence-corrected chi connectivity index (χ4v) is 2.46. The molecule has 0 unspecified atom stereocenters. The van der Waals surface area contributed by atoms with Gasteiger partial charge in [-0.05, 0) is 18.4 Å². The molecular weight excluding hydrogens is 275 g/mol. The summed E-state index contributed by atoms with van der Waals surface area (Å²) in [7, 11) is 0. The van der Waals surface area contributed by atoms with E-state index in [-0.39, 0.29) is 23.6 Å². The predicted octanol–water partition coefficient (Wildman–Crippen LogP) is 2.22. The number of phenolic OH excluding ortho intramolecular Hbond substituents is 1. The van der Waals surface area contributed by atoms with E-state index in [9.17, 15) is 9.90 Å². The smallest absolute Gasteiger partial charge is 0.220 e. The molecule has 0 aliphatic carbocycles. The van der Waals surface area contributed by atoms with Crippen LogP contribution in [0.3, 0.4) is 0 Å². The molecule has 1 saturated heterocycles. The number of rotatable bonds is 2. The second-order valence-corrected chi connectivity index (χ2v) is 5.27. The van der Waals surface area contributed by atoms with E-state index < -0.39 is 0 Å². The van der Waals surface area contributed by atoms with Crippen LogP contribution in [0, 0.1) is 5.92 Å². The number of carbonyl (C=O) groups excluding carboxylic acids is 1. The summed E-state index contributed by atoms with van der Waals surface area (Å²) in [6.45, 7) is 0.514. The minimum Gasteiger partial charge on any atom is -0.508 e. The van der Waals surface area contributed by atoms with E-state index in [2.05, 4.69) is 5.32 Å². The summed E-state index contributed by atoms with van der Waals surface area (Å²) in [6.07, 6.45) is 1.16. The molecule has 0 radical (unpaired) electrons. The van der Waals surface area contributed by atoms with Gasteiger partial charge in [0.1, 0.15) is 5.75 Å². The SMILES string of the molecule is N[C@@H](c1cc(Cl)c(Cl)cc1O)[C@@H]1CCC(=O)NC1. The molecular formula is C12H14Cl2N2O2. The van der Waals surface area contributed by atoms with Crippen LogP contribution in [0.25, 0.3) is 0 Å². The van der Waals surface area contributed by atoms with Crippen molar-refractivity contribution in [3.63, 3.8) is 0 Å². The van der Waals surface area contributed by atoms with Gasteiger partial charge >= 0.3 is 0 Å². The Morgan fingerprint density at radius 3 is 2.67 bits per heavy atom. The Morgan fingerprint density at radius 1 is 1.39 bits per heavy atom. The molecule has 1 aromatic carbocycles.